The van der Waals surface area contributed by atoms with Crippen LogP contribution in [0, 0.1) is 25.7 Å². The molecule has 1 heterocycles. The van der Waals surface area contributed by atoms with Gasteiger partial charge in [-0.2, -0.15) is 0 Å². The molecule has 3 atom stereocenters. The highest BCUT2D eigenvalue weighted by Gasteiger charge is 2.28. The Balaban J connectivity index is 1.56. The van der Waals surface area contributed by atoms with Gasteiger partial charge in [0.2, 0.25) is 5.91 Å². The zero-order chi connectivity index (χ0) is 23.5. The number of nitrogens with one attached hydrogen (secondary N) is 1. The number of rotatable bonds is 6. The van der Waals surface area contributed by atoms with E-state index in [-0.39, 0.29) is 11.9 Å². The van der Waals surface area contributed by atoms with Crippen LogP contribution in [0.2, 0.25) is 5.02 Å². The lowest BCUT2D eigenvalue weighted by Gasteiger charge is -2.34. The number of thioether (sulfide) groups is 1. The van der Waals surface area contributed by atoms with Crippen LogP contribution < -0.4 is 5.32 Å². The fraction of sp³-hybridized carbons (Fsp3) is 0.407. The van der Waals surface area contributed by atoms with Crippen molar-refractivity contribution in [2.45, 2.75) is 58.2 Å². The molecule has 33 heavy (non-hydrogen) atoms. The van der Waals surface area contributed by atoms with Crippen LogP contribution in [-0.4, -0.2) is 27.3 Å². The normalized spacial score (nSPS) is 20.6. The van der Waals surface area contributed by atoms with Gasteiger partial charge in [-0.15, -0.1) is 0 Å². The van der Waals surface area contributed by atoms with Crippen molar-refractivity contribution in [1.82, 2.24) is 14.9 Å². The second kappa shape index (κ2) is 10.4. The summed E-state index contributed by atoms with van der Waals surface area (Å²) in [6.45, 7) is 8.75. The first-order valence-corrected chi connectivity index (χ1v) is 13.0. The van der Waals surface area contributed by atoms with Gasteiger partial charge in [0.15, 0.2) is 5.16 Å². The zero-order valence-electron chi connectivity index (χ0n) is 19.8. The minimum atomic E-state index is 0.0779. The van der Waals surface area contributed by atoms with Crippen LogP contribution in [-0.2, 0) is 4.79 Å². The lowest BCUT2D eigenvalue weighted by Crippen LogP contribution is -2.44. The monoisotopic (exact) mass is 481 g/mol. The molecule has 0 radical (unpaired) electrons. The summed E-state index contributed by atoms with van der Waals surface area (Å²) in [6, 6.07) is 14.4. The molecule has 1 fully saturated rings. The predicted molar refractivity (Wildman–Crippen MR) is 138 cm³/mol. The molecular formula is C27H32ClN3OS. The molecule has 1 amide bonds. The fourth-order valence-corrected chi connectivity index (χ4v) is 5.56. The summed E-state index contributed by atoms with van der Waals surface area (Å²) >= 11 is 7.56. The highest BCUT2D eigenvalue weighted by molar-refractivity contribution is 7.99. The Kier molecular flexibility index (Phi) is 7.50. The molecule has 174 valence electrons. The summed E-state index contributed by atoms with van der Waals surface area (Å²) in [4.78, 5) is 17.7. The minimum absolute atomic E-state index is 0.0779. The quantitative estimate of drug-likeness (QED) is 0.392. The molecule has 1 aromatic heterocycles. The van der Waals surface area contributed by atoms with E-state index in [9.17, 15) is 4.79 Å². The third-order valence-electron chi connectivity index (χ3n) is 6.81. The van der Waals surface area contributed by atoms with Gasteiger partial charge in [0.05, 0.1) is 17.1 Å². The molecule has 0 aliphatic heterocycles. The van der Waals surface area contributed by atoms with Crippen molar-refractivity contribution in [3.05, 3.63) is 64.8 Å². The van der Waals surface area contributed by atoms with E-state index in [0.717, 1.165) is 28.5 Å². The van der Waals surface area contributed by atoms with Gasteiger partial charge >= 0.3 is 0 Å². The molecule has 0 spiro atoms. The number of imidazole rings is 1. The Morgan fingerprint density at radius 2 is 1.91 bits per heavy atom. The summed E-state index contributed by atoms with van der Waals surface area (Å²) in [6.07, 6.45) is 5.56. The van der Waals surface area contributed by atoms with Gasteiger partial charge in [0, 0.05) is 22.8 Å². The molecule has 0 saturated heterocycles. The number of nitrogens with zero attached hydrogens (tertiary/aromatic N) is 2. The molecule has 1 saturated carbocycles. The Morgan fingerprint density at radius 1 is 1.15 bits per heavy atom. The van der Waals surface area contributed by atoms with Crippen molar-refractivity contribution in [3.8, 4) is 16.9 Å². The Labute approximate surface area is 206 Å². The van der Waals surface area contributed by atoms with E-state index in [2.05, 4.69) is 55.8 Å². The molecule has 1 aliphatic rings. The van der Waals surface area contributed by atoms with Crippen molar-refractivity contribution in [2.75, 3.05) is 5.75 Å². The van der Waals surface area contributed by atoms with Gasteiger partial charge in [-0.3, -0.25) is 9.36 Å². The Morgan fingerprint density at radius 3 is 2.64 bits per heavy atom. The van der Waals surface area contributed by atoms with Gasteiger partial charge < -0.3 is 5.32 Å². The van der Waals surface area contributed by atoms with E-state index in [1.807, 2.05) is 30.5 Å². The van der Waals surface area contributed by atoms with Crippen molar-refractivity contribution in [2.24, 2.45) is 11.8 Å². The summed E-state index contributed by atoms with van der Waals surface area (Å²) < 4.78 is 2.10. The van der Waals surface area contributed by atoms with E-state index in [1.54, 1.807) is 0 Å². The van der Waals surface area contributed by atoms with Crippen LogP contribution >= 0.6 is 23.4 Å². The van der Waals surface area contributed by atoms with Crippen molar-refractivity contribution >= 4 is 29.3 Å². The third kappa shape index (κ3) is 5.64. The average Bonchev–Trinajstić information content (AvgIpc) is 3.20. The molecular weight excluding hydrogens is 450 g/mol. The van der Waals surface area contributed by atoms with Gasteiger partial charge in [-0.25, -0.2) is 4.98 Å². The van der Waals surface area contributed by atoms with Gasteiger partial charge in [-0.05, 0) is 55.9 Å². The number of carbonyl (C=O) groups is 1. The predicted octanol–water partition coefficient (Wildman–Crippen LogP) is 6.84. The number of aryl methyl sites for hydroxylation is 2. The maximum atomic E-state index is 12.8. The lowest BCUT2D eigenvalue weighted by atomic mass is 9.78. The zero-order valence-corrected chi connectivity index (χ0v) is 21.3. The van der Waals surface area contributed by atoms with Gasteiger partial charge in [0.1, 0.15) is 0 Å². The highest BCUT2D eigenvalue weighted by atomic mass is 35.5. The first kappa shape index (κ1) is 23.9. The molecule has 4 rings (SSSR count). The van der Waals surface area contributed by atoms with Crippen molar-refractivity contribution < 1.29 is 4.79 Å². The summed E-state index contributed by atoms with van der Waals surface area (Å²) in [5.74, 6) is 1.59. The SMILES string of the molecule is Cc1ccc(-n2cc(-c3ccc(Cl)cc3)nc2SCC(=O)NC2CCCC(C)C2C)c(C)c1. The number of hydrogen-bond donors (Lipinski definition) is 1. The summed E-state index contributed by atoms with van der Waals surface area (Å²) in [5.41, 5.74) is 5.33. The fourth-order valence-electron chi connectivity index (χ4n) is 4.64. The number of amides is 1. The largest absolute Gasteiger partial charge is 0.352 e. The van der Waals surface area contributed by atoms with Crippen LogP contribution in [0.1, 0.15) is 44.2 Å². The number of hydrogen-bond acceptors (Lipinski definition) is 3. The second-order valence-corrected chi connectivity index (χ2v) is 10.7. The van der Waals surface area contributed by atoms with E-state index >= 15 is 0 Å². The first-order valence-electron chi connectivity index (χ1n) is 11.7. The molecule has 3 unspecified atom stereocenters. The first-order chi connectivity index (χ1) is 15.8. The molecule has 3 aromatic rings. The van der Waals surface area contributed by atoms with Gasteiger partial charge in [0.25, 0.3) is 0 Å². The molecule has 1 N–H and O–H groups in total. The standard InChI is InChI=1S/C27H32ClN3OS/c1-17-8-13-25(19(3)14-17)31-15-24(21-9-11-22(28)12-10-21)30-27(31)33-16-26(32)29-23-7-5-6-18(2)20(23)4/h8-15,18,20,23H,5-7,16H2,1-4H3,(H,29,32). The third-order valence-corrected chi connectivity index (χ3v) is 8.02. The Bertz CT molecular complexity index is 1120. The van der Waals surface area contributed by atoms with Crippen LogP contribution in [0.3, 0.4) is 0 Å². The van der Waals surface area contributed by atoms with Crippen molar-refractivity contribution in [1.29, 1.82) is 0 Å². The topological polar surface area (TPSA) is 46.9 Å². The average molecular weight is 482 g/mol. The van der Waals surface area contributed by atoms with Gasteiger partial charge in [-0.1, -0.05) is 79.9 Å². The van der Waals surface area contributed by atoms with E-state index < -0.39 is 0 Å². The number of benzene rings is 2. The second-order valence-electron chi connectivity index (χ2n) is 9.31. The molecule has 4 nitrogen and oxygen atoms in total. The summed E-state index contributed by atoms with van der Waals surface area (Å²) in [7, 11) is 0. The van der Waals surface area contributed by atoms with Crippen molar-refractivity contribution in [3.63, 3.8) is 0 Å². The maximum absolute atomic E-state index is 12.8. The lowest BCUT2D eigenvalue weighted by molar-refractivity contribution is -0.120. The number of aromatic nitrogens is 2. The van der Waals surface area contributed by atoms with Crippen LogP contribution in [0.15, 0.2) is 53.8 Å². The van der Waals surface area contributed by atoms with Crippen LogP contribution in [0.5, 0.6) is 0 Å². The summed E-state index contributed by atoms with van der Waals surface area (Å²) in [5, 5.41) is 4.79. The number of carbonyl (C=O) groups excluding carboxylic acids is 1. The Hall–Kier alpha value is -2.24. The van der Waals surface area contributed by atoms with Crippen LogP contribution in [0.25, 0.3) is 16.9 Å². The minimum Gasteiger partial charge on any atom is -0.352 e. The van der Waals surface area contributed by atoms with E-state index in [0.29, 0.717) is 22.6 Å². The molecule has 0 bridgehead atoms. The maximum Gasteiger partial charge on any atom is 0.230 e. The van der Waals surface area contributed by atoms with E-state index in [1.165, 1.54) is 35.7 Å². The van der Waals surface area contributed by atoms with Crippen LogP contribution in [0.4, 0.5) is 0 Å². The highest BCUT2D eigenvalue weighted by Crippen LogP contribution is 2.31. The van der Waals surface area contributed by atoms with E-state index in [4.69, 9.17) is 16.6 Å². The smallest absolute Gasteiger partial charge is 0.230 e. The molecule has 6 heteroatoms. The molecule has 1 aliphatic carbocycles. The number of halogens is 1. The molecule has 2 aromatic carbocycles.